The molecule has 1 aliphatic carbocycles. The van der Waals surface area contributed by atoms with E-state index in [-0.39, 0.29) is 5.41 Å². The number of fused-ring (bicyclic) bond motifs is 1. The SMILES string of the molecule is OCC12CCCCC1CN(c1ncccn1)C2. The molecule has 0 amide bonds. The van der Waals surface area contributed by atoms with E-state index in [4.69, 9.17) is 0 Å². The number of anilines is 1. The molecular formula is C13H19N3O. The van der Waals surface area contributed by atoms with Crippen molar-refractivity contribution < 1.29 is 5.11 Å². The van der Waals surface area contributed by atoms with Gasteiger partial charge in [0.1, 0.15) is 0 Å². The van der Waals surface area contributed by atoms with E-state index >= 15 is 0 Å². The monoisotopic (exact) mass is 233 g/mol. The molecule has 2 aliphatic rings. The van der Waals surface area contributed by atoms with Crippen LogP contribution < -0.4 is 4.90 Å². The van der Waals surface area contributed by atoms with Crippen molar-refractivity contribution >= 4 is 5.95 Å². The Labute approximate surface area is 102 Å². The van der Waals surface area contributed by atoms with E-state index in [0.29, 0.717) is 12.5 Å². The van der Waals surface area contributed by atoms with Crippen molar-refractivity contribution in [1.29, 1.82) is 0 Å². The molecule has 1 saturated carbocycles. The summed E-state index contributed by atoms with van der Waals surface area (Å²) >= 11 is 0. The number of rotatable bonds is 2. The highest BCUT2D eigenvalue weighted by atomic mass is 16.3. The zero-order chi connectivity index (χ0) is 11.7. The van der Waals surface area contributed by atoms with Crippen molar-refractivity contribution in [3.63, 3.8) is 0 Å². The summed E-state index contributed by atoms with van der Waals surface area (Å²) in [5, 5.41) is 9.75. The smallest absolute Gasteiger partial charge is 0.225 e. The standard InChI is InChI=1S/C13H19N3O/c17-10-13-5-2-1-4-11(13)8-16(9-13)12-14-6-3-7-15-12/h3,6-7,11,17H,1-2,4-5,8-10H2. The van der Waals surface area contributed by atoms with Gasteiger partial charge in [-0.15, -0.1) is 0 Å². The molecule has 4 nitrogen and oxygen atoms in total. The minimum absolute atomic E-state index is 0.109. The van der Waals surface area contributed by atoms with Gasteiger partial charge in [-0.05, 0) is 24.8 Å². The third-order valence-corrected chi connectivity index (χ3v) is 4.44. The summed E-state index contributed by atoms with van der Waals surface area (Å²) < 4.78 is 0. The zero-order valence-corrected chi connectivity index (χ0v) is 10.0. The Balaban J connectivity index is 1.83. The number of hydrogen-bond acceptors (Lipinski definition) is 4. The minimum Gasteiger partial charge on any atom is -0.396 e. The Morgan fingerprint density at radius 2 is 2.18 bits per heavy atom. The molecule has 0 spiro atoms. The molecule has 3 rings (SSSR count). The third-order valence-electron chi connectivity index (χ3n) is 4.44. The molecule has 2 unspecified atom stereocenters. The van der Waals surface area contributed by atoms with Gasteiger partial charge >= 0.3 is 0 Å². The second-order valence-corrected chi connectivity index (χ2v) is 5.39. The molecule has 17 heavy (non-hydrogen) atoms. The predicted molar refractivity (Wildman–Crippen MR) is 65.7 cm³/mol. The zero-order valence-electron chi connectivity index (χ0n) is 10.0. The molecule has 1 N–H and O–H groups in total. The fourth-order valence-corrected chi connectivity index (χ4v) is 3.45. The first-order chi connectivity index (χ1) is 8.34. The van der Waals surface area contributed by atoms with Gasteiger partial charge in [-0.1, -0.05) is 12.8 Å². The average Bonchev–Trinajstić information content (AvgIpc) is 2.80. The van der Waals surface area contributed by atoms with Crippen LogP contribution in [0.5, 0.6) is 0 Å². The number of nitrogens with zero attached hydrogens (tertiary/aromatic N) is 3. The summed E-state index contributed by atoms with van der Waals surface area (Å²) in [6.45, 7) is 2.23. The van der Waals surface area contributed by atoms with Gasteiger partial charge in [0.05, 0.1) is 6.61 Å². The Kier molecular flexibility index (Phi) is 2.74. The highest BCUT2D eigenvalue weighted by molar-refractivity contribution is 5.33. The molecule has 2 fully saturated rings. The maximum Gasteiger partial charge on any atom is 0.225 e. The van der Waals surface area contributed by atoms with Gasteiger partial charge in [-0.3, -0.25) is 0 Å². The van der Waals surface area contributed by atoms with Crippen LogP contribution in [0, 0.1) is 11.3 Å². The number of aromatic nitrogens is 2. The molecule has 2 heterocycles. The molecule has 0 bridgehead atoms. The van der Waals surface area contributed by atoms with Gasteiger partial charge in [0.25, 0.3) is 0 Å². The van der Waals surface area contributed by atoms with Gasteiger partial charge < -0.3 is 10.0 Å². The summed E-state index contributed by atoms with van der Waals surface area (Å²) in [7, 11) is 0. The fourth-order valence-electron chi connectivity index (χ4n) is 3.45. The molecule has 0 aromatic carbocycles. The lowest BCUT2D eigenvalue weighted by Crippen LogP contribution is -2.37. The van der Waals surface area contributed by atoms with E-state index in [1.165, 1.54) is 19.3 Å². The predicted octanol–water partition coefficient (Wildman–Crippen LogP) is 1.47. The van der Waals surface area contributed by atoms with Gasteiger partial charge in [0.15, 0.2) is 0 Å². The van der Waals surface area contributed by atoms with Crippen LogP contribution in [0.2, 0.25) is 0 Å². The van der Waals surface area contributed by atoms with E-state index in [1.807, 2.05) is 6.07 Å². The normalized spacial score (nSPS) is 32.5. The van der Waals surface area contributed by atoms with E-state index in [1.54, 1.807) is 12.4 Å². The van der Waals surface area contributed by atoms with Crippen LogP contribution in [0.25, 0.3) is 0 Å². The second-order valence-electron chi connectivity index (χ2n) is 5.39. The molecule has 92 valence electrons. The largest absolute Gasteiger partial charge is 0.396 e. The Morgan fingerprint density at radius 3 is 2.88 bits per heavy atom. The Bertz CT molecular complexity index is 384. The first-order valence-corrected chi connectivity index (χ1v) is 6.47. The number of aliphatic hydroxyl groups is 1. The van der Waals surface area contributed by atoms with Crippen molar-refractivity contribution in [2.24, 2.45) is 11.3 Å². The lowest BCUT2D eigenvalue weighted by molar-refractivity contribution is 0.0626. The number of aliphatic hydroxyl groups excluding tert-OH is 1. The summed E-state index contributed by atoms with van der Waals surface area (Å²) in [6, 6.07) is 1.84. The van der Waals surface area contributed by atoms with Crippen molar-refractivity contribution in [3.8, 4) is 0 Å². The van der Waals surface area contributed by atoms with Gasteiger partial charge in [0, 0.05) is 30.9 Å². The van der Waals surface area contributed by atoms with E-state index in [2.05, 4.69) is 14.9 Å². The molecule has 2 atom stereocenters. The van der Waals surface area contributed by atoms with E-state index in [0.717, 1.165) is 25.5 Å². The summed E-state index contributed by atoms with van der Waals surface area (Å²) in [6.07, 6.45) is 8.52. The van der Waals surface area contributed by atoms with Crippen molar-refractivity contribution in [2.75, 3.05) is 24.6 Å². The van der Waals surface area contributed by atoms with Crippen LogP contribution in [0.1, 0.15) is 25.7 Å². The lowest BCUT2D eigenvalue weighted by atomic mass is 9.69. The molecule has 1 saturated heterocycles. The Hall–Kier alpha value is -1.16. The van der Waals surface area contributed by atoms with Crippen LogP contribution >= 0.6 is 0 Å². The summed E-state index contributed by atoms with van der Waals surface area (Å²) in [5.41, 5.74) is 0.109. The Morgan fingerprint density at radius 1 is 1.35 bits per heavy atom. The van der Waals surface area contributed by atoms with Gasteiger partial charge in [-0.2, -0.15) is 0 Å². The highest BCUT2D eigenvalue weighted by Crippen LogP contribution is 2.46. The van der Waals surface area contributed by atoms with Gasteiger partial charge in [0.2, 0.25) is 5.95 Å². The second kappa shape index (κ2) is 4.26. The topological polar surface area (TPSA) is 49.2 Å². The van der Waals surface area contributed by atoms with E-state index < -0.39 is 0 Å². The third kappa shape index (κ3) is 1.80. The maximum atomic E-state index is 9.75. The van der Waals surface area contributed by atoms with Crippen LogP contribution in [0.4, 0.5) is 5.95 Å². The summed E-state index contributed by atoms with van der Waals surface area (Å²) in [5.74, 6) is 1.43. The summed E-state index contributed by atoms with van der Waals surface area (Å²) in [4.78, 5) is 10.9. The van der Waals surface area contributed by atoms with Crippen LogP contribution in [-0.4, -0.2) is 34.8 Å². The molecule has 1 aromatic rings. The quantitative estimate of drug-likeness (QED) is 0.840. The molecule has 0 radical (unpaired) electrons. The first-order valence-electron chi connectivity index (χ1n) is 6.47. The molecule has 1 aromatic heterocycles. The number of hydrogen-bond donors (Lipinski definition) is 1. The van der Waals surface area contributed by atoms with Crippen LogP contribution in [-0.2, 0) is 0 Å². The van der Waals surface area contributed by atoms with E-state index in [9.17, 15) is 5.11 Å². The van der Waals surface area contributed by atoms with Crippen LogP contribution in [0.15, 0.2) is 18.5 Å². The molecule has 1 aliphatic heterocycles. The highest BCUT2D eigenvalue weighted by Gasteiger charge is 2.47. The average molecular weight is 233 g/mol. The fraction of sp³-hybridized carbons (Fsp3) is 0.692. The van der Waals surface area contributed by atoms with Crippen molar-refractivity contribution in [1.82, 2.24) is 9.97 Å². The van der Waals surface area contributed by atoms with Crippen molar-refractivity contribution in [2.45, 2.75) is 25.7 Å². The van der Waals surface area contributed by atoms with Crippen molar-refractivity contribution in [3.05, 3.63) is 18.5 Å². The van der Waals surface area contributed by atoms with Gasteiger partial charge in [-0.25, -0.2) is 9.97 Å². The lowest BCUT2D eigenvalue weighted by Gasteiger charge is -2.36. The molecular weight excluding hydrogens is 214 g/mol. The first kappa shape index (κ1) is 11.0. The van der Waals surface area contributed by atoms with Crippen LogP contribution in [0.3, 0.4) is 0 Å². The molecule has 4 heteroatoms. The maximum absolute atomic E-state index is 9.75. The minimum atomic E-state index is 0.109.